The van der Waals surface area contributed by atoms with Crippen LogP contribution in [0.1, 0.15) is 16.7 Å². The van der Waals surface area contributed by atoms with Gasteiger partial charge in [-0.3, -0.25) is 4.79 Å². The molecule has 0 bridgehead atoms. The van der Waals surface area contributed by atoms with Crippen LogP contribution in [0.5, 0.6) is 0 Å². The summed E-state index contributed by atoms with van der Waals surface area (Å²) in [4.78, 5) is 12.7. The molecule has 0 spiro atoms. The lowest BCUT2D eigenvalue weighted by molar-refractivity contribution is -0.105. The summed E-state index contributed by atoms with van der Waals surface area (Å²) < 4.78 is 0. The Kier molecular flexibility index (Phi) is 3.84. The molecule has 1 aliphatic rings. The minimum atomic E-state index is 0.696. The van der Waals surface area contributed by atoms with Gasteiger partial charge in [-0.25, -0.2) is 0 Å². The average molecular weight is 295 g/mol. The first-order valence-corrected chi connectivity index (χ1v) is 7.77. The zero-order valence-corrected chi connectivity index (χ0v) is 13.0. The number of benzene rings is 2. The highest BCUT2D eigenvalue weighted by Gasteiger charge is 2.20. The molecule has 21 heavy (non-hydrogen) atoms. The van der Waals surface area contributed by atoms with Crippen molar-refractivity contribution >= 4 is 23.7 Å². The molecule has 0 unspecified atom stereocenters. The van der Waals surface area contributed by atoms with E-state index in [1.807, 2.05) is 12.1 Å². The number of allylic oxidation sites excluding steroid dienone is 1. The van der Waals surface area contributed by atoms with Crippen molar-refractivity contribution in [2.24, 2.45) is 0 Å². The van der Waals surface area contributed by atoms with Gasteiger partial charge in [0.2, 0.25) is 0 Å². The molecule has 2 aromatic rings. The smallest absolute Gasteiger partial charge is 0.148 e. The van der Waals surface area contributed by atoms with Gasteiger partial charge in [-0.2, -0.15) is 0 Å². The second-order valence-corrected chi connectivity index (χ2v) is 6.33. The van der Waals surface area contributed by atoms with Crippen LogP contribution in [0.4, 0.5) is 5.69 Å². The maximum absolute atomic E-state index is 11.4. The molecule has 0 atom stereocenters. The lowest BCUT2D eigenvalue weighted by Gasteiger charge is -2.22. The van der Waals surface area contributed by atoms with E-state index in [1.54, 1.807) is 11.8 Å². The molecule has 3 rings (SSSR count). The number of carbonyl (C=O) groups is 1. The fourth-order valence-electron chi connectivity index (χ4n) is 2.42. The highest BCUT2D eigenvalue weighted by Crippen LogP contribution is 2.39. The van der Waals surface area contributed by atoms with Crippen molar-refractivity contribution in [2.75, 3.05) is 5.32 Å². The molecule has 3 heteroatoms. The Labute approximate surface area is 129 Å². The van der Waals surface area contributed by atoms with E-state index in [0.29, 0.717) is 6.42 Å². The number of nitrogens with one attached hydrogen (secondary N) is 1. The lowest BCUT2D eigenvalue weighted by atomic mass is 10.0. The molecule has 1 N–H and O–H groups in total. The van der Waals surface area contributed by atoms with Crippen LogP contribution in [0.2, 0.25) is 0 Å². The predicted octanol–water partition coefficient (Wildman–Crippen LogP) is 4.47. The van der Waals surface area contributed by atoms with Crippen LogP contribution in [-0.4, -0.2) is 6.29 Å². The Morgan fingerprint density at radius 1 is 1.10 bits per heavy atom. The number of rotatable bonds is 3. The van der Waals surface area contributed by atoms with Crippen LogP contribution in [0.15, 0.2) is 58.0 Å². The van der Waals surface area contributed by atoms with E-state index in [4.69, 9.17) is 0 Å². The van der Waals surface area contributed by atoms with E-state index in [9.17, 15) is 4.79 Å². The van der Waals surface area contributed by atoms with Gasteiger partial charge in [0.1, 0.15) is 6.29 Å². The van der Waals surface area contributed by atoms with Gasteiger partial charge < -0.3 is 5.32 Å². The molecule has 1 heterocycles. The Hall–Kier alpha value is -2.00. The maximum atomic E-state index is 11.4. The normalized spacial score (nSPS) is 13.8. The van der Waals surface area contributed by atoms with Crippen molar-refractivity contribution in [3.8, 4) is 0 Å². The van der Waals surface area contributed by atoms with E-state index in [2.05, 4.69) is 49.5 Å². The summed E-state index contributed by atoms with van der Waals surface area (Å²) >= 11 is 1.65. The number of thioether (sulfide) groups is 1. The second kappa shape index (κ2) is 5.78. The van der Waals surface area contributed by atoms with Crippen molar-refractivity contribution in [1.82, 2.24) is 0 Å². The third kappa shape index (κ3) is 2.88. The summed E-state index contributed by atoms with van der Waals surface area (Å²) in [6, 6.07) is 14.5. The van der Waals surface area contributed by atoms with E-state index in [-0.39, 0.29) is 0 Å². The van der Waals surface area contributed by atoms with E-state index >= 15 is 0 Å². The SMILES string of the molecule is Cc1ccc(NC2=C(C=O)Cc3cccc(C)c3S2)cc1. The molecule has 1 aliphatic heterocycles. The molecule has 2 aromatic carbocycles. The Bertz CT molecular complexity index is 716. The largest absolute Gasteiger partial charge is 0.350 e. The van der Waals surface area contributed by atoms with E-state index in [1.165, 1.54) is 21.6 Å². The quantitative estimate of drug-likeness (QED) is 0.847. The molecule has 106 valence electrons. The van der Waals surface area contributed by atoms with Gasteiger partial charge in [-0.05, 0) is 37.1 Å². The predicted molar refractivity (Wildman–Crippen MR) is 88.6 cm³/mol. The van der Waals surface area contributed by atoms with E-state index in [0.717, 1.165) is 22.6 Å². The lowest BCUT2D eigenvalue weighted by Crippen LogP contribution is -2.10. The minimum Gasteiger partial charge on any atom is -0.350 e. The molecule has 0 fully saturated rings. The highest BCUT2D eigenvalue weighted by atomic mass is 32.2. The topological polar surface area (TPSA) is 29.1 Å². The van der Waals surface area contributed by atoms with Crippen LogP contribution in [0.25, 0.3) is 0 Å². The molecule has 0 radical (unpaired) electrons. The number of fused-ring (bicyclic) bond motifs is 1. The van der Waals surface area contributed by atoms with Crippen LogP contribution in [-0.2, 0) is 11.2 Å². The summed E-state index contributed by atoms with van der Waals surface area (Å²) in [6.07, 6.45) is 1.66. The van der Waals surface area contributed by atoms with Gasteiger partial charge in [0.05, 0.1) is 5.03 Å². The highest BCUT2D eigenvalue weighted by molar-refractivity contribution is 8.03. The zero-order valence-electron chi connectivity index (χ0n) is 12.1. The molecule has 0 aromatic heterocycles. The van der Waals surface area contributed by atoms with Gasteiger partial charge in [-0.15, -0.1) is 0 Å². The van der Waals surface area contributed by atoms with Gasteiger partial charge in [0.25, 0.3) is 0 Å². The van der Waals surface area contributed by atoms with Crippen LogP contribution in [0.3, 0.4) is 0 Å². The van der Waals surface area contributed by atoms with Crippen molar-refractivity contribution in [3.05, 3.63) is 69.8 Å². The average Bonchev–Trinajstić information content (AvgIpc) is 2.50. The standard InChI is InChI=1S/C18H17NOS/c1-12-6-8-16(9-7-12)19-18-15(11-20)10-14-5-3-4-13(2)17(14)21-18/h3-9,11,19H,10H2,1-2H3. The van der Waals surface area contributed by atoms with Gasteiger partial charge in [0.15, 0.2) is 0 Å². The maximum Gasteiger partial charge on any atom is 0.148 e. The summed E-state index contributed by atoms with van der Waals surface area (Å²) in [6.45, 7) is 4.18. The Morgan fingerprint density at radius 2 is 1.86 bits per heavy atom. The Balaban J connectivity index is 1.93. The third-order valence-corrected chi connectivity index (χ3v) is 4.98. The summed E-state index contributed by atoms with van der Waals surface area (Å²) in [7, 11) is 0. The first kappa shape index (κ1) is 14.0. The molecule has 0 aliphatic carbocycles. The number of hydrogen-bond acceptors (Lipinski definition) is 3. The number of carbonyl (C=O) groups excluding carboxylic acids is 1. The van der Waals surface area contributed by atoms with E-state index < -0.39 is 0 Å². The second-order valence-electron chi connectivity index (χ2n) is 5.31. The third-order valence-electron chi connectivity index (χ3n) is 3.62. The number of aryl methyl sites for hydroxylation is 2. The van der Waals surface area contributed by atoms with Gasteiger partial charge >= 0.3 is 0 Å². The molecular weight excluding hydrogens is 278 g/mol. The van der Waals surface area contributed by atoms with Crippen molar-refractivity contribution in [2.45, 2.75) is 25.2 Å². The van der Waals surface area contributed by atoms with Crippen LogP contribution >= 0.6 is 11.8 Å². The number of hydrogen-bond donors (Lipinski definition) is 1. The molecule has 0 saturated heterocycles. The minimum absolute atomic E-state index is 0.696. The van der Waals surface area contributed by atoms with Crippen LogP contribution < -0.4 is 5.32 Å². The monoisotopic (exact) mass is 295 g/mol. The summed E-state index contributed by atoms with van der Waals surface area (Å²) in [5.41, 5.74) is 5.54. The summed E-state index contributed by atoms with van der Waals surface area (Å²) in [5.74, 6) is 0. The molecule has 0 amide bonds. The molecule has 0 saturated carbocycles. The molecule has 2 nitrogen and oxygen atoms in total. The van der Waals surface area contributed by atoms with Crippen molar-refractivity contribution in [3.63, 3.8) is 0 Å². The van der Waals surface area contributed by atoms with Crippen LogP contribution in [0, 0.1) is 13.8 Å². The van der Waals surface area contributed by atoms with Crippen molar-refractivity contribution < 1.29 is 4.79 Å². The van der Waals surface area contributed by atoms with Crippen molar-refractivity contribution in [1.29, 1.82) is 0 Å². The number of anilines is 1. The summed E-state index contributed by atoms with van der Waals surface area (Å²) in [5, 5.41) is 4.33. The van der Waals surface area contributed by atoms with Gasteiger partial charge in [0, 0.05) is 22.6 Å². The molecular formula is C18H17NOS. The zero-order chi connectivity index (χ0) is 14.8. The first-order valence-electron chi connectivity index (χ1n) is 6.96. The fourth-order valence-corrected chi connectivity index (χ4v) is 3.55. The number of aldehydes is 1. The fraction of sp³-hybridized carbons (Fsp3) is 0.167. The van der Waals surface area contributed by atoms with Gasteiger partial charge in [-0.1, -0.05) is 47.7 Å². The first-order chi connectivity index (χ1) is 10.2. The Morgan fingerprint density at radius 3 is 2.57 bits per heavy atom.